The summed E-state index contributed by atoms with van der Waals surface area (Å²) in [7, 11) is -4.48. The van der Waals surface area contributed by atoms with Crippen LogP contribution in [0.4, 0.5) is 0 Å². The third-order valence-corrected chi connectivity index (χ3v) is 2.62. The van der Waals surface area contributed by atoms with E-state index in [1.165, 1.54) is 18.2 Å². The van der Waals surface area contributed by atoms with Crippen LogP contribution < -0.4 is 29.6 Å². The predicted molar refractivity (Wildman–Crippen MR) is 51.0 cm³/mol. The van der Waals surface area contributed by atoms with E-state index >= 15 is 0 Å². The van der Waals surface area contributed by atoms with Crippen LogP contribution in [0, 0.1) is 0 Å². The van der Waals surface area contributed by atoms with Crippen LogP contribution in [-0.2, 0) is 10.1 Å². The Kier molecular flexibility index (Phi) is 4.66. The maximum absolute atomic E-state index is 10.8. The summed E-state index contributed by atoms with van der Waals surface area (Å²) in [6.07, 6.45) is 1.15. The van der Waals surface area contributed by atoms with E-state index in [-0.39, 0.29) is 40.3 Å². The minimum absolute atomic E-state index is 0. The summed E-state index contributed by atoms with van der Waals surface area (Å²) in [6.45, 7) is 0. The Morgan fingerprint density at radius 3 is 2.35 bits per heavy atom. The van der Waals surface area contributed by atoms with Crippen LogP contribution in [0.1, 0.15) is 0 Å². The maximum Gasteiger partial charge on any atom is 1.00 e. The molecule has 0 saturated carbocycles. The van der Waals surface area contributed by atoms with Gasteiger partial charge in [-0.15, -0.1) is 20.4 Å². The summed E-state index contributed by atoms with van der Waals surface area (Å²) in [4.78, 5) is -0.336. The summed E-state index contributed by atoms with van der Waals surface area (Å²) in [5.74, 6) is 0.160. The van der Waals surface area contributed by atoms with Gasteiger partial charge in [-0.25, -0.2) is 8.42 Å². The van der Waals surface area contributed by atoms with Crippen LogP contribution in [0.15, 0.2) is 35.5 Å². The first-order valence-electron chi connectivity index (χ1n) is 4.14. The number of nitrogens with zero attached hydrogens (tertiary/aromatic N) is 4. The quantitative estimate of drug-likeness (QED) is 0.414. The molecule has 2 aromatic rings. The number of rotatable bonds is 2. The van der Waals surface area contributed by atoms with Gasteiger partial charge in [0, 0.05) is 5.56 Å². The Morgan fingerprint density at radius 1 is 1.12 bits per heavy atom. The van der Waals surface area contributed by atoms with E-state index in [9.17, 15) is 13.0 Å². The molecule has 0 bridgehead atoms. The molecule has 0 radical (unpaired) electrons. The first-order valence-corrected chi connectivity index (χ1v) is 5.55. The van der Waals surface area contributed by atoms with Crippen molar-refractivity contribution in [3.05, 3.63) is 30.6 Å². The maximum atomic E-state index is 10.8. The predicted octanol–water partition coefficient (Wildman–Crippen LogP) is -3.16. The molecule has 1 aromatic carbocycles. The molecule has 0 atom stereocenters. The smallest absolute Gasteiger partial charge is 0.744 e. The van der Waals surface area contributed by atoms with E-state index in [1.807, 2.05) is 0 Å². The summed E-state index contributed by atoms with van der Waals surface area (Å²) >= 11 is 0. The topological polar surface area (TPSA) is 109 Å². The Labute approximate surface area is 119 Å². The first kappa shape index (κ1) is 14.1. The average molecular weight is 260 g/mol. The van der Waals surface area contributed by atoms with E-state index in [2.05, 4.69) is 20.4 Å². The fourth-order valence-electron chi connectivity index (χ4n) is 1.11. The van der Waals surface area contributed by atoms with Gasteiger partial charge in [0.05, 0.1) is 4.90 Å². The molecule has 0 aliphatic carbocycles. The number of aromatic nitrogens is 4. The van der Waals surface area contributed by atoms with Gasteiger partial charge in [0.25, 0.3) is 0 Å². The first-order chi connectivity index (χ1) is 7.57. The third kappa shape index (κ3) is 3.51. The molecule has 0 amide bonds. The molecule has 0 unspecified atom stereocenters. The minimum atomic E-state index is -4.48. The van der Waals surface area contributed by atoms with Crippen molar-refractivity contribution in [1.29, 1.82) is 0 Å². The van der Waals surface area contributed by atoms with Gasteiger partial charge in [-0.2, -0.15) is 0 Å². The molecular formula is C8H5N4NaO3S. The summed E-state index contributed by atoms with van der Waals surface area (Å²) in [5.41, 5.74) is 0.373. The molecule has 0 aliphatic rings. The Bertz CT molecular complexity index is 605. The van der Waals surface area contributed by atoms with Crippen molar-refractivity contribution in [3.63, 3.8) is 0 Å². The molecule has 0 fully saturated rings. The number of benzene rings is 1. The van der Waals surface area contributed by atoms with Crippen molar-refractivity contribution < 1.29 is 42.5 Å². The van der Waals surface area contributed by atoms with E-state index in [0.29, 0.717) is 5.56 Å². The van der Waals surface area contributed by atoms with Crippen molar-refractivity contribution in [1.82, 2.24) is 20.4 Å². The van der Waals surface area contributed by atoms with Crippen LogP contribution >= 0.6 is 0 Å². The zero-order valence-corrected chi connectivity index (χ0v) is 11.6. The SMILES string of the molecule is O=S(=O)([O-])c1cccc(-c2nncnn2)c1.[Na+]. The van der Waals surface area contributed by atoms with Gasteiger partial charge in [0.15, 0.2) is 6.33 Å². The second kappa shape index (κ2) is 5.61. The van der Waals surface area contributed by atoms with Crippen LogP contribution in [0.2, 0.25) is 0 Å². The molecule has 9 heteroatoms. The molecule has 0 spiro atoms. The van der Waals surface area contributed by atoms with Gasteiger partial charge in [-0.05, 0) is 12.1 Å². The Hall–Kier alpha value is -0.930. The van der Waals surface area contributed by atoms with Gasteiger partial charge < -0.3 is 4.55 Å². The third-order valence-electron chi connectivity index (χ3n) is 1.79. The minimum Gasteiger partial charge on any atom is -0.744 e. The van der Waals surface area contributed by atoms with Crippen LogP contribution in [0.25, 0.3) is 11.4 Å². The summed E-state index contributed by atoms with van der Waals surface area (Å²) in [5, 5.41) is 14.3. The largest absolute Gasteiger partial charge is 1.00 e. The molecule has 82 valence electrons. The summed E-state index contributed by atoms with van der Waals surface area (Å²) in [6, 6.07) is 5.38. The number of hydrogen-bond acceptors (Lipinski definition) is 7. The fraction of sp³-hybridized carbons (Fsp3) is 0. The van der Waals surface area contributed by atoms with Gasteiger partial charge in [0.1, 0.15) is 10.1 Å². The molecular weight excluding hydrogens is 255 g/mol. The molecule has 2 rings (SSSR count). The normalized spacial score (nSPS) is 10.6. The van der Waals surface area contributed by atoms with E-state index in [1.54, 1.807) is 6.07 Å². The van der Waals surface area contributed by atoms with Gasteiger partial charge in [0.2, 0.25) is 5.82 Å². The van der Waals surface area contributed by atoms with Crippen molar-refractivity contribution in [2.75, 3.05) is 0 Å². The molecule has 7 nitrogen and oxygen atoms in total. The van der Waals surface area contributed by atoms with Crippen molar-refractivity contribution in [2.45, 2.75) is 4.90 Å². The summed E-state index contributed by atoms with van der Waals surface area (Å²) < 4.78 is 32.4. The van der Waals surface area contributed by atoms with E-state index < -0.39 is 10.1 Å². The second-order valence-electron chi connectivity index (χ2n) is 2.85. The molecule has 0 saturated heterocycles. The van der Waals surface area contributed by atoms with Gasteiger partial charge in [-0.3, -0.25) is 0 Å². The van der Waals surface area contributed by atoms with E-state index in [0.717, 1.165) is 6.33 Å². The van der Waals surface area contributed by atoms with Gasteiger partial charge in [-0.1, -0.05) is 12.1 Å². The average Bonchev–Trinajstić information content (AvgIpc) is 2.29. The monoisotopic (exact) mass is 260 g/mol. The Morgan fingerprint density at radius 2 is 1.76 bits per heavy atom. The zero-order valence-electron chi connectivity index (χ0n) is 8.81. The van der Waals surface area contributed by atoms with Crippen molar-refractivity contribution in [2.24, 2.45) is 0 Å². The van der Waals surface area contributed by atoms with E-state index in [4.69, 9.17) is 0 Å². The fourth-order valence-corrected chi connectivity index (χ4v) is 1.63. The number of hydrogen-bond donors (Lipinski definition) is 0. The molecule has 0 N–H and O–H groups in total. The van der Waals surface area contributed by atoms with Crippen LogP contribution in [-0.4, -0.2) is 33.4 Å². The second-order valence-corrected chi connectivity index (χ2v) is 4.23. The van der Waals surface area contributed by atoms with Crippen molar-refractivity contribution in [3.8, 4) is 11.4 Å². The van der Waals surface area contributed by atoms with Gasteiger partial charge >= 0.3 is 29.6 Å². The van der Waals surface area contributed by atoms with Crippen LogP contribution in [0.5, 0.6) is 0 Å². The van der Waals surface area contributed by atoms with Crippen LogP contribution in [0.3, 0.4) is 0 Å². The molecule has 0 aliphatic heterocycles. The molecule has 17 heavy (non-hydrogen) atoms. The zero-order chi connectivity index (χ0) is 11.6. The van der Waals surface area contributed by atoms with Crippen molar-refractivity contribution >= 4 is 10.1 Å². The molecule has 1 heterocycles. The Balaban J connectivity index is 0.00000144. The molecule has 1 aromatic heterocycles. The standard InChI is InChI=1S/C8H6N4O3S.Na/c13-16(14,15)7-3-1-2-6(4-7)8-11-9-5-10-12-8;/h1-5H,(H,13,14,15);/q;+1/p-1.